The Hall–Kier alpha value is -3.01. The van der Waals surface area contributed by atoms with Gasteiger partial charge in [-0.05, 0) is 55.4 Å². The van der Waals surface area contributed by atoms with Gasteiger partial charge in [0, 0.05) is 25.2 Å². The van der Waals surface area contributed by atoms with Crippen molar-refractivity contribution in [2.45, 2.75) is 26.7 Å². The molecule has 0 saturated carbocycles. The summed E-state index contributed by atoms with van der Waals surface area (Å²) in [5.41, 5.74) is 1.97. The average Bonchev–Trinajstić information content (AvgIpc) is 3.15. The van der Waals surface area contributed by atoms with Gasteiger partial charge >= 0.3 is 5.97 Å². The topological polar surface area (TPSA) is 79.0 Å². The standard InChI is InChI=1S/C27H31N3O4S2/c1-3-29(4-2)17-18-34-26(33)21-12-14-22(15-13-21)28-24(31)11-8-16-30-25(32)23(36-27(30)35)19-20-9-6-5-7-10-20/h5-7,9-10,12-15,19H,3-4,8,11,16-18H2,1-2H3,(H,28,31). The van der Waals surface area contributed by atoms with E-state index >= 15 is 0 Å². The molecule has 0 bridgehead atoms. The highest BCUT2D eigenvalue weighted by Crippen LogP contribution is 2.32. The van der Waals surface area contributed by atoms with Crippen LogP contribution in [0.1, 0.15) is 42.6 Å². The second kappa shape index (κ2) is 13.9. The molecule has 7 nitrogen and oxygen atoms in total. The molecule has 2 amide bonds. The van der Waals surface area contributed by atoms with E-state index in [1.807, 2.05) is 36.4 Å². The fourth-order valence-corrected chi connectivity index (χ4v) is 4.90. The Morgan fingerprint density at radius 2 is 1.78 bits per heavy atom. The Morgan fingerprint density at radius 1 is 1.08 bits per heavy atom. The van der Waals surface area contributed by atoms with Crippen molar-refractivity contribution in [3.63, 3.8) is 0 Å². The third-order valence-electron chi connectivity index (χ3n) is 5.70. The second-order valence-electron chi connectivity index (χ2n) is 8.14. The molecule has 0 aliphatic carbocycles. The summed E-state index contributed by atoms with van der Waals surface area (Å²) in [6.45, 7) is 7.37. The van der Waals surface area contributed by atoms with Gasteiger partial charge < -0.3 is 15.0 Å². The summed E-state index contributed by atoms with van der Waals surface area (Å²) in [5, 5.41) is 2.82. The highest BCUT2D eigenvalue weighted by molar-refractivity contribution is 8.26. The predicted molar refractivity (Wildman–Crippen MR) is 149 cm³/mol. The highest BCUT2D eigenvalue weighted by Gasteiger charge is 2.31. The lowest BCUT2D eigenvalue weighted by molar-refractivity contribution is -0.122. The molecule has 1 N–H and O–H groups in total. The van der Waals surface area contributed by atoms with E-state index in [0.717, 1.165) is 18.7 Å². The number of thioether (sulfide) groups is 1. The zero-order chi connectivity index (χ0) is 25.9. The van der Waals surface area contributed by atoms with Crippen molar-refractivity contribution >= 4 is 57.8 Å². The van der Waals surface area contributed by atoms with Gasteiger partial charge in [0.1, 0.15) is 10.9 Å². The SMILES string of the molecule is CCN(CC)CCOC(=O)c1ccc(NC(=O)CCCN2C(=O)C(=Cc3ccccc3)SC2=S)cc1. The largest absolute Gasteiger partial charge is 0.461 e. The number of rotatable bonds is 12. The van der Waals surface area contributed by atoms with E-state index in [0.29, 0.717) is 46.6 Å². The van der Waals surface area contributed by atoms with Gasteiger partial charge in [-0.2, -0.15) is 0 Å². The minimum Gasteiger partial charge on any atom is -0.461 e. The van der Waals surface area contributed by atoms with Gasteiger partial charge in [-0.1, -0.05) is 68.2 Å². The normalized spacial score (nSPS) is 14.5. The van der Waals surface area contributed by atoms with Gasteiger partial charge in [-0.3, -0.25) is 14.5 Å². The number of anilines is 1. The van der Waals surface area contributed by atoms with Crippen LogP contribution in [0.15, 0.2) is 59.5 Å². The van der Waals surface area contributed by atoms with Crippen LogP contribution in [0.2, 0.25) is 0 Å². The molecule has 0 atom stereocenters. The second-order valence-corrected chi connectivity index (χ2v) is 9.81. The molecular formula is C27H31N3O4S2. The minimum absolute atomic E-state index is 0.131. The molecule has 1 aliphatic rings. The van der Waals surface area contributed by atoms with Crippen LogP contribution in [0.3, 0.4) is 0 Å². The molecule has 2 aromatic carbocycles. The van der Waals surface area contributed by atoms with Crippen LogP contribution in [-0.2, 0) is 14.3 Å². The molecule has 1 fully saturated rings. The van der Waals surface area contributed by atoms with Crippen LogP contribution in [0.25, 0.3) is 6.08 Å². The number of nitrogens with one attached hydrogen (secondary N) is 1. The summed E-state index contributed by atoms with van der Waals surface area (Å²) >= 11 is 6.64. The third kappa shape index (κ3) is 8.01. The first-order chi connectivity index (χ1) is 17.4. The number of nitrogens with zero attached hydrogens (tertiary/aromatic N) is 2. The van der Waals surface area contributed by atoms with Crippen LogP contribution in [-0.4, -0.2) is 64.7 Å². The van der Waals surface area contributed by atoms with Crippen molar-refractivity contribution in [2.75, 3.05) is 38.1 Å². The van der Waals surface area contributed by atoms with E-state index in [1.165, 1.54) is 11.8 Å². The number of likely N-dealkylation sites (N-methyl/N-ethyl adjacent to an activating group) is 1. The average molecular weight is 526 g/mol. The Labute approximate surface area is 221 Å². The van der Waals surface area contributed by atoms with Crippen molar-refractivity contribution in [2.24, 2.45) is 0 Å². The molecule has 2 aromatic rings. The summed E-state index contributed by atoms with van der Waals surface area (Å²) in [6.07, 6.45) is 2.55. The maximum absolute atomic E-state index is 12.7. The number of carbonyl (C=O) groups excluding carboxylic acids is 3. The number of hydrogen-bond donors (Lipinski definition) is 1. The van der Waals surface area contributed by atoms with Crippen LogP contribution in [0.4, 0.5) is 5.69 Å². The zero-order valence-corrected chi connectivity index (χ0v) is 22.2. The monoisotopic (exact) mass is 525 g/mol. The Bertz CT molecular complexity index is 1100. The van der Waals surface area contributed by atoms with E-state index in [9.17, 15) is 14.4 Å². The van der Waals surface area contributed by atoms with Gasteiger partial charge in [-0.25, -0.2) is 4.79 Å². The molecule has 0 unspecified atom stereocenters. The zero-order valence-electron chi connectivity index (χ0n) is 20.6. The van der Waals surface area contributed by atoms with E-state index in [-0.39, 0.29) is 24.2 Å². The van der Waals surface area contributed by atoms with Crippen molar-refractivity contribution in [1.82, 2.24) is 9.80 Å². The fourth-order valence-electron chi connectivity index (χ4n) is 3.59. The Kier molecular flexibility index (Phi) is 10.7. The Morgan fingerprint density at radius 3 is 2.44 bits per heavy atom. The quantitative estimate of drug-likeness (QED) is 0.242. The molecule has 9 heteroatoms. The van der Waals surface area contributed by atoms with Crippen LogP contribution >= 0.6 is 24.0 Å². The molecule has 190 valence electrons. The first-order valence-corrected chi connectivity index (χ1v) is 13.2. The van der Waals surface area contributed by atoms with Gasteiger partial charge in [0.2, 0.25) is 5.91 Å². The summed E-state index contributed by atoms with van der Waals surface area (Å²) in [4.78, 5) is 41.6. The number of esters is 1. The third-order valence-corrected chi connectivity index (χ3v) is 7.07. The smallest absolute Gasteiger partial charge is 0.338 e. The molecular weight excluding hydrogens is 494 g/mol. The maximum Gasteiger partial charge on any atom is 0.338 e. The molecule has 1 saturated heterocycles. The number of hydrogen-bond acceptors (Lipinski definition) is 7. The van der Waals surface area contributed by atoms with E-state index < -0.39 is 0 Å². The molecule has 1 heterocycles. The molecule has 0 aromatic heterocycles. The fraction of sp³-hybridized carbons (Fsp3) is 0.333. The maximum atomic E-state index is 12.7. The van der Waals surface area contributed by atoms with Crippen molar-refractivity contribution in [3.05, 3.63) is 70.6 Å². The minimum atomic E-state index is -0.384. The van der Waals surface area contributed by atoms with Crippen LogP contribution < -0.4 is 5.32 Å². The molecule has 3 rings (SSSR count). The first kappa shape index (κ1) is 27.6. The van der Waals surface area contributed by atoms with Gasteiger partial charge in [0.25, 0.3) is 5.91 Å². The van der Waals surface area contributed by atoms with E-state index in [2.05, 4.69) is 24.1 Å². The number of carbonyl (C=O) groups is 3. The van der Waals surface area contributed by atoms with E-state index in [4.69, 9.17) is 17.0 Å². The molecule has 0 radical (unpaired) electrons. The van der Waals surface area contributed by atoms with Crippen molar-refractivity contribution in [3.8, 4) is 0 Å². The van der Waals surface area contributed by atoms with Crippen LogP contribution in [0, 0.1) is 0 Å². The lowest BCUT2D eigenvalue weighted by Crippen LogP contribution is -2.29. The number of benzene rings is 2. The highest BCUT2D eigenvalue weighted by atomic mass is 32.2. The summed E-state index contributed by atoms with van der Waals surface area (Å²) in [6, 6.07) is 16.2. The van der Waals surface area contributed by atoms with E-state index in [1.54, 1.807) is 29.2 Å². The lowest BCUT2D eigenvalue weighted by Gasteiger charge is -2.17. The Balaban J connectivity index is 1.42. The number of thiocarbonyl (C=S) groups is 1. The lowest BCUT2D eigenvalue weighted by atomic mass is 10.2. The van der Waals surface area contributed by atoms with Crippen molar-refractivity contribution in [1.29, 1.82) is 0 Å². The number of ether oxygens (including phenoxy) is 1. The predicted octanol–water partition coefficient (Wildman–Crippen LogP) is 4.81. The molecule has 1 aliphatic heterocycles. The van der Waals surface area contributed by atoms with Crippen molar-refractivity contribution < 1.29 is 19.1 Å². The van der Waals surface area contributed by atoms with Gasteiger partial charge in [-0.15, -0.1) is 0 Å². The van der Waals surface area contributed by atoms with Gasteiger partial charge in [0.15, 0.2) is 0 Å². The van der Waals surface area contributed by atoms with Gasteiger partial charge in [0.05, 0.1) is 10.5 Å². The molecule has 0 spiro atoms. The summed E-state index contributed by atoms with van der Waals surface area (Å²) in [5.74, 6) is -0.687. The summed E-state index contributed by atoms with van der Waals surface area (Å²) in [7, 11) is 0. The first-order valence-electron chi connectivity index (χ1n) is 12.0. The number of amides is 2. The molecule has 36 heavy (non-hydrogen) atoms. The van der Waals surface area contributed by atoms with Crippen LogP contribution in [0.5, 0.6) is 0 Å². The summed E-state index contributed by atoms with van der Waals surface area (Å²) < 4.78 is 5.83.